The Morgan fingerprint density at radius 2 is 1.60 bits per heavy atom. The van der Waals surface area contributed by atoms with E-state index < -0.39 is 10.1 Å². The van der Waals surface area contributed by atoms with Crippen molar-refractivity contribution >= 4 is 10.1 Å². The van der Waals surface area contributed by atoms with Gasteiger partial charge >= 0.3 is 0 Å². The van der Waals surface area contributed by atoms with Gasteiger partial charge in [0.05, 0.1) is 12.3 Å². The topological polar surface area (TPSA) is 158 Å². The van der Waals surface area contributed by atoms with Crippen LogP contribution < -0.4 is 22.9 Å². The van der Waals surface area contributed by atoms with E-state index in [-0.39, 0.29) is 12.3 Å². The summed E-state index contributed by atoms with van der Waals surface area (Å²) in [5.74, 6) is 1.85. The van der Waals surface area contributed by atoms with Gasteiger partial charge in [-0.15, -0.1) is 13.0 Å². The predicted octanol–water partition coefficient (Wildman–Crippen LogP) is 0.0385. The van der Waals surface area contributed by atoms with Gasteiger partial charge < -0.3 is 22.9 Å². The summed E-state index contributed by atoms with van der Waals surface area (Å²) in [6.45, 7) is 7.08. The van der Waals surface area contributed by atoms with Crippen LogP contribution in [-0.2, 0) is 16.5 Å². The van der Waals surface area contributed by atoms with Gasteiger partial charge in [-0.1, -0.05) is 41.8 Å². The molecule has 0 aliphatic carbocycles. The second kappa shape index (κ2) is 20.3. The van der Waals surface area contributed by atoms with Crippen LogP contribution in [0.5, 0.6) is 0 Å². The van der Waals surface area contributed by atoms with Crippen LogP contribution >= 0.6 is 0 Å². The molecule has 0 amide bonds. The Hall–Kier alpha value is -1.73. The molecular formula is C17H32N4O3S. The fraction of sp³-hybridized carbons (Fsp3) is 0.412. The Kier molecular flexibility index (Phi) is 22.8. The average Bonchev–Trinajstić information content (AvgIpc) is 2.57. The SMILES string of the molecule is C#CCN.C=CCN.Cc1ccc(CCN)cc1.NCCS(=O)(=O)O. The van der Waals surface area contributed by atoms with Crippen molar-refractivity contribution in [1.29, 1.82) is 0 Å². The third-order valence-corrected chi connectivity index (χ3v) is 2.97. The molecule has 0 saturated carbocycles. The Balaban J connectivity index is -0.000000283. The first-order valence-corrected chi connectivity index (χ1v) is 9.18. The van der Waals surface area contributed by atoms with Gasteiger partial charge in [-0.2, -0.15) is 8.42 Å². The monoisotopic (exact) mass is 372 g/mol. The number of benzene rings is 1. The van der Waals surface area contributed by atoms with Gasteiger partial charge in [0.1, 0.15) is 0 Å². The molecule has 144 valence electrons. The largest absolute Gasteiger partial charge is 0.330 e. The maximum absolute atomic E-state index is 9.71. The molecule has 0 fully saturated rings. The maximum atomic E-state index is 9.71. The highest BCUT2D eigenvalue weighted by Crippen LogP contribution is 2.02. The van der Waals surface area contributed by atoms with Crippen LogP contribution in [0.25, 0.3) is 0 Å². The zero-order chi connectivity index (χ0) is 20.1. The molecule has 8 heteroatoms. The van der Waals surface area contributed by atoms with Gasteiger partial charge in [0.2, 0.25) is 0 Å². The number of hydrogen-bond donors (Lipinski definition) is 5. The lowest BCUT2D eigenvalue weighted by molar-refractivity contribution is 0.483. The molecule has 0 heterocycles. The molecule has 25 heavy (non-hydrogen) atoms. The molecule has 0 radical (unpaired) electrons. The zero-order valence-corrected chi connectivity index (χ0v) is 15.7. The summed E-state index contributed by atoms with van der Waals surface area (Å²) < 4.78 is 27.3. The van der Waals surface area contributed by atoms with Crippen molar-refractivity contribution in [3.63, 3.8) is 0 Å². The molecule has 0 unspecified atom stereocenters. The fourth-order valence-electron chi connectivity index (χ4n) is 1.07. The van der Waals surface area contributed by atoms with Gasteiger partial charge in [0.25, 0.3) is 10.1 Å². The van der Waals surface area contributed by atoms with E-state index in [4.69, 9.17) is 27.5 Å². The van der Waals surface area contributed by atoms with E-state index in [2.05, 4.69) is 50.1 Å². The number of nitrogens with two attached hydrogens (primary N) is 4. The summed E-state index contributed by atoms with van der Waals surface area (Å²) in [4.78, 5) is 0. The summed E-state index contributed by atoms with van der Waals surface area (Å²) in [6, 6.07) is 8.49. The average molecular weight is 373 g/mol. The molecule has 0 atom stereocenters. The van der Waals surface area contributed by atoms with E-state index >= 15 is 0 Å². The van der Waals surface area contributed by atoms with Gasteiger partial charge in [-0.3, -0.25) is 4.55 Å². The third kappa shape index (κ3) is 30.7. The first-order valence-electron chi connectivity index (χ1n) is 7.57. The first kappa shape index (κ1) is 28.1. The molecule has 1 rings (SSSR count). The molecule has 0 aromatic heterocycles. The van der Waals surface area contributed by atoms with Crippen molar-refractivity contribution in [2.45, 2.75) is 13.3 Å². The van der Waals surface area contributed by atoms with Crippen LogP contribution in [0.4, 0.5) is 0 Å². The summed E-state index contributed by atoms with van der Waals surface area (Å²) in [7, 11) is -3.80. The van der Waals surface area contributed by atoms with Crippen LogP contribution in [-0.4, -0.2) is 44.9 Å². The van der Waals surface area contributed by atoms with Crippen molar-refractivity contribution < 1.29 is 13.0 Å². The van der Waals surface area contributed by atoms with Gasteiger partial charge in [0.15, 0.2) is 0 Å². The highest BCUT2D eigenvalue weighted by Gasteiger charge is 1.98. The van der Waals surface area contributed by atoms with Crippen molar-refractivity contribution in [2.75, 3.05) is 31.9 Å². The maximum Gasteiger partial charge on any atom is 0.266 e. The summed E-state index contributed by atoms with van der Waals surface area (Å²) in [5.41, 5.74) is 22.5. The molecular weight excluding hydrogens is 340 g/mol. The minimum atomic E-state index is -3.80. The van der Waals surface area contributed by atoms with Crippen molar-refractivity contribution in [3.05, 3.63) is 48.0 Å². The second-order valence-corrected chi connectivity index (χ2v) is 6.10. The molecule has 1 aromatic carbocycles. The third-order valence-electron chi connectivity index (χ3n) is 2.21. The first-order chi connectivity index (χ1) is 11.7. The predicted molar refractivity (Wildman–Crippen MR) is 107 cm³/mol. The summed E-state index contributed by atoms with van der Waals surface area (Å²) >= 11 is 0. The van der Waals surface area contributed by atoms with Gasteiger partial charge in [0, 0.05) is 13.1 Å². The van der Waals surface area contributed by atoms with Crippen LogP contribution in [0.3, 0.4) is 0 Å². The minimum Gasteiger partial charge on any atom is -0.330 e. The van der Waals surface area contributed by atoms with E-state index in [0.717, 1.165) is 13.0 Å². The molecule has 0 aliphatic rings. The van der Waals surface area contributed by atoms with Crippen molar-refractivity contribution in [2.24, 2.45) is 22.9 Å². The van der Waals surface area contributed by atoms with E-state index in [0.29, 0.717) is 13.1 Å². The zero-order valence-electron chi connectivity index (χ0n) is 14.9. The van der Waals surface area contributed by atoms with Crippen LogP contribution in [0, 0.1) is 19.3 Å². The lowest BCUT2D eigenvalue weighted by atomic mass is 10.1. The number of hydrogen-bond acceptors (Lipinski definition) is 6. The summed E-state index contributed by atoms with van der Waals surface area (Å²) in [5, 5.41) is 0. The molecule has 0 saturated heterocycles. The van der Waals surface area contributed by atoms with Crippen LogP contribution in [0.1, 0.15) is 11.1 Å². The number of terminal acetylenes is 1. The summed E-state index contributed by atoms with van der Waals surface area (Å²) in [6.07, 6.45) is 7.29. The Bertz CT molecular complexity index is 552. The lowest BCUT2D eigenvalue weighted by Crippen LogP contribution is -2.13. The van der Waals surface area contributed by atoms with Crippen LogP contribution in [0.2, 0.25) is 0 Å². The molecule has 7 nitrogen and oxygen atoms in total. The van der Waals surface area contributed by atoms with Gasteiger partial charge in [-0.25, -0.2) is 0 Å². The highest BCUT2D eigenvalue weighted by molar-refractivity contribution is 7.85. The fourth-order valence-corrected chi connectivity index (χ4v) is 1.37. The van der Waals surface area contributed by atoms with Crippen molar-refractivity contribution in [3.8, 4) is 12.3 Å². The number of rotatable bonds is 5. The quantitative estimate of drug-likeness (QED) is 0.277. The Morgan fingerprint density at radius 1 is 1.16 bits per heavy atom. The normalized spacial score (nSPS) is 9.00. The molecule has 9 N–H and O–H groups in total. The number of aryl methyl sites for hydroxylation is 1. The highest BCUT2D eigenvalue weighted by atomic mass is 32.2. The Labute approximate surface area is 152 Å². The van der Waals surface area contributed by atoms with E-state index in [1.54, 1.807) is 6.08 Å². The molecule has 0 aliphatic heterocycles. The van der Waals surface area contributed by atoms with E-state index in [9.17, 15) is 8.42 Å². The van der Waals surface area contributed by atoms with E-state index in [1.807, 2.05) is 0 Å². The van der Waals surface area contributed by atoms with Gasteiger partial charge in [-0.05, 0) is 25.5 Å². The Morgan fingerprint density at radius 3 is 1.80 bits per heavy atom. The standard InChI is InChI=1S/C9H13N.C3H7N.C3H5N.C2H7NO3S/c1-8-2-4-9(5-3-8)6-7-10;2*1-2-3-4;3-1-2-7(4,5)6/h2-5H,6-7,10H2,1H3;2H,1,3-4H2;1H,3-4H2;1-3H2,(H,4,5,6). The van der Waals surface area contributed by atoms with Crippen molar-refractivity contribution in [1.82, 2.24) is 0 Å². The molecule has 0 bridgehead atoms. The lowest BCUT2D eigenvalue weighted by Gasteiger charge is -1.97. The smallest absolute Gasteiger partial charge is 0.266 e. The molecule has 1 aromatic rings. The molecule has 0 spiro atoms. The second-order valence-electron chi connectivity index (χ2n) is 4.53. The van der Waals surface area contributed by atoms with E-state index in [1.165, 1.54) is 11.1 Å². The minimum absolute atomic E-state index is 0.0289. The van der Waals surface area contributed by atoms with Crippen LogP contribution in [0.15, 0.2) is 36.9 Å².